The van der Waals surface area contributed by atoms with Gasteiger partial charge in [-0.15, -0.1) is 0 Å². The third-order valence-electron chi connectivity index (χ3n) is 1.55. The first-order chi connectivity index (χ1) is 4.79. The molecule has 1 fully saturated rings. The van der Waals surface area contributed by atoms with Gasteiger partial charge < -0.3 is 15.2 Å². The van der Waals surface area contributed by atoms with Crippen LogP contribution in [0.4, 0.5) is 4.79 Å². The van der Waals surface area contributed by atoms with Crippen molar-refractivity contribution in [1.82, 2.24) is 5.32 Å². The topological polar surface area (TPSA) is 58.6 Å². The number of carboxylic acid groups (broad SMARTS) is 1. The van der Waals surface area contributed by atoms with E-state index in [2.05, 4.69) is 10.1 Å². The Balaban J connectivity index is 2.19. The van der Waals surface area contributed by atoms with Crippen LogP contribution in [0.1, 0.15) is 12.8 Å². The minimum Gasteiger partial charge on any atom is -0.450 e. The third-order valence-corrected chi connectivity index (χ3v) is 1.55. The van der Waals surface area contributed by atoms with E-state index >= 15 is 0 Å². The van der Waals surface area contributed by atoms with Gasteiger partial charge in [0.2, 0.25) is 0 Å². The van der Waals surface area contributed by atoms with Gasteiger partial charge in [0.25, 0.3) is 0 Å². The monoisotopic (exact) mass is 145 g/mol. The maximum Gasteiger partial charge on any atom is 0.506 e. The minimum absolute atomic E-state index is 0.0845. The molecule has 4 heteroatoms. The summed E-state index contributed by atoms with van der Waals surface area (Å²) in [5.74, 6) is 0. The second-order valence-electron chi connectivity index (χ2n) is 2.33. The van der Waals surface area contributed by atoms with Crippen molar-refractivity contribution in [2.45, 2.75) is 18.9 Å². The van der Waals surface area contributed by atoms with Crippen molar-refractivity contribution in [1.29, 1.82) is 0 Å². The molecule has 1 aliphatic heterocycles. The normalized spacial score (nSPS) is 20.4. The van der Waals surface area contributed by atoms with Crippen molar-refractivity contribution in [2.24, 2.45) is 0 Å². The lowest BCUT2D eigenvalue weighted by molar-refractivity contribution is 0.0389. The van der Waals surface area contributed by atoms with Crippen LogP contribution in [0.25, 0.3) is 0 Å². The summed E-state index contributed by atoms with van der Waals surface area (Å²) < 4.78 is 4.57. The molecular weight excluding hydrogens is 134 g/mol. The molecule has 0 aliphatic carbocycles. The molecule has 0 saturated carbocycles. The molecule has 1 aliphatic rings. The van der Waals surface area contributed by atoms with Crippen LogP contribution in [-0.2, 0) is 4.74 Å². The SMILES string of the molecule is O=C(O)OC1CCNCC1. The smallest absolute Gasteiger partial charge is 0.450 e. The molecule has 4 nitrogen and oxygen atoms in total. The maximum absolute atomic E-state index is 10.0. The zero-order valence-electron chi connectivity index (χ0n) is 5.67. The third kappa shape index (κ3) is 2.23. The first-order valence-electron chi connectivity index (χ1n) is 3.39. The van der Waals surface area contributed by atoms with Gasteiger partial charge in [0.05, 0.1) is 0 Å². The summed E-state index contributed by atoms with van der Waals surface area (Å²) in [7, 11) is 0. The number of hydrogen-bond donors (Lipinski definition) is 2. The van der Waals surface area contributed by atoms with Crippen molar-refractivity contribution < 1.29 is 14.6 Å². The van der Waals surface area contributed by atoms with Crippen LogP contribution < -0.4 is 5.32 Å². The summed E-state index contributed by atoms with van der Waals surface area (Å²) in [6.07, 6.45) is 0.351. The lowest BCUT2D eigenvalue weighted by atomic mass is 10.1. The molecule has 1 saturated heterocycles. The Kier molecular flexibility index (Phi) is 2.50. The van der Waals surface area contributed by atoms with Crippen LogP contribution in [-0.4, -0.2) is 30.5 Å². The zero-order chi connectivity index (χ0) is 7.40. The Morgan fingerprint density at radius 2 is 2.10 bits per heavy atom. The van der Waals surface area contributed by atoms with E-state index in [1.165, 1.54) is 0 Å². The first-order valence-corrected chi connectivity index (χ1v) is 3.39. The molecule has 1 heterocycles. The van der Waals surface area contributed by atoms with Gasteiger partial charge in [-0.05, 0) is 25.9 Å². The Hall–Kier alpha value is -0.770. The van der Waals surface area contributed by atoms with Crippen molar-refractivity contribution in [3.05, 3.63) is 0 Å². The van der Waals surface area contributed by atoms with E-state index in [9.17, 15) is 4.79 Å². The van der Waals surface area contributed by atoms with E-state index in [4.69, 9.17) is 5.11 Å². The highest BCUT2D eigenvalue weighted by molar-refractivity contribution is 5.57. The summed E-state index contributed by atoms with van der Waals surface area (Å²) in [6, 6.07) is 0. The number of nitrogens with one attached hydrogen (secondary N) is 1. The van der Waals surface area contributed by atoms with Crippen LogP contribution in [0.2, 0.25) is 0 Å². The van der Waals surface area contributed by atoms with E-state index in [0.29, 0.717) is 0 Å². The lowest BCUT2D eigenvalue weighted by Gasteiger charge is -2.20. The Labute approximate surface area is 59.2 Å². The fourth-order valence-corrected chi connectivity index (χ4v) is 1.06. The van der Waals surface area contributed by atoms with Crippen LogP contribution in [0, 0.1) is 0 Å². The predicted molar refractivity (Wildman–Crippen MR) is 35.0 cm³/mol. The molecule has 0 radical (unpaired) electrons. The molecule has 10 heavy (non-hydrogen) atoms. The summed E-state index contributed by atoms with van der Waals surface area (Å²) in [5.41, 5.74) is 0. The molecule has 0 spiro atoms. The fraction of sp³-hybridized carbons (Fsp3) is 0.833. The number of carbonyl (C=O) groups is 1. The molecule has 0 aromatic heterocycles. The number of hydrogen-bond acceptors (Lipinski definition) is 3. The van der Waals surface area contributed by atoms with Crippen molar-refractivity contribution in [2.75, 3.05) is 13.1 Å². The number of rotatable bonds is 1. The summed E-state index contributed by atoms with van der Waals surface area (Å²) in [6.45, 7) is 1.72. The number of piperidine rings is 1. The van der Waals surface area contributed by atoms with Crippen LogP contribution >= 0.6 is 0 Å². The molecule has 0 aromatic carbocycles. The van der Waals surface area contributed by atoms with Crippen molar-refractivity contribution >= 4 is 6.16 Å². The van der Waals surface area contributed by atoms with E-state index < -0.39 is 6.16 Å². The van der Waals surface area contributed by atoms with Crippen molar-refractivity contribution in [3.8, 4) is 0 Å². The minimum atomic E-state index is -1.16. The number of ether oxygens (including phenoxy) is 1. The largest absolute Gasteiger partial charge is 0.506 e. The van der Waals surface area contributed by atoms with Gasteiger partial charge in [-0.1, -0.05) is 0 Å². The standard InChI is InChI=1S/C6H11NO3/c8-6(9)10-5-1-3-7-4-2-5/h5,7H,1-4H2,(H,8,9). The van der Waals surface area contributed by atoms with E-state index in [0.717, 1.165) is 25.9 Å². The van der Waals surface area contributed by atoms with Gasteiger partial charge in [-0.25, -0.2) is 4.79 Å². The lowest BCUT2D eigenvalue weighted by Crippen LogP contribution is -2.33. The molecule has 0 bridgehead atoms. The first kappa shape index (κ1) is 7.34. The summed E-state index contributed by atoms with van der Waals surface area (Å²) >= 11 is 0. The average Bonchev–Trinajstić information content (AvgIpc) is 1.88. The van der Waals surface area contributed by atoms with E-state index in [1.807, 2.05) is 0 Å². The second-order valence-corrected chi connectivity index (χ2v) is 2.33. The van der Waals surface area contributed by atoms with Gasteiger partial charge in [0.15, 0.2) is 0 Å². The molecule has 58 valence electrons. The Morgan fingerprint density at radius 3 is 2.60 bits per heavy atom. The highest BCUT2D eigenvalue weighted by atomic mass is 16.7. The maximum atomic E-state index is 10.0. The van der Waals surface area contributed by atoms with E-state index in [1.54, 1.807) is 0 Å². The van der Waals surface area contributed by atoms with Crippen LogP contribution in [0.3, 0.4) is 0 Å². The van der Waals surface area contributed by atoms with Crippen molar-refractivity contribution in [3.63, 3.8) is 0 Å². The molecule has 1 rings (SSSR count). The van der Waals surface area contributed by atoms with Gasteiger partial charge >= 0.3 is 6.16 Å². The van der Waals surface area contributed by atoms with Crippen LogP contribution in [0.5, 0.6) is 0 Å². The summed E-state index contributed by atoms with van der Waals surface area (Å²) in [5, 5.41) is 11.3. The Bertz CT molecular complexity index is 120. The quantitative estimate of drug-likeness (QED) is 0.525. The second kappa shape index (κ2) is 3.41. The van der Waals surface area contributed by atoms with Gasteiger partial charge in [-0.2, -0.15) is 0 Å². The molecule has 0 atom stereocenters. The van der Waals surface area contributed by atoms with Gasteiger partial charge in [0, 0.05) is 0 Å². The predicted octanol–water partition coefficient (Wildman–Crippen LogP) is 0.433. The Morgan fingerprint density at radius 1 is 1.50 bits per heavy atom. The molecular formula is C6H11NO3. The molecule has 2 N–H and O–H groups in total. The average molecular weight is 145 g/mol. The van der Waals surface area contributed by atoms with Gasteiger partial charge in [0.1, 0.15) is 6.10 Å². The highest BCUT2D eigenvalue weighted by Crippen LogP contribution is 2.06. The fourth-order valence-electron chi connectivity index (χ4n) is 1.06. The van der Waals surface area contributed by atoms with E-state index in [-0.39, 0.29) is 6.10 Å². The highest BCUT2D eigenvalue weighted by Gasteiger charge is 2.15. The van der Waals surface area contributed by atoms with Gasteiger partial charge in [-0.3, -0.25) is 0 Å². The molecule has 0 amide bonds. The molecule has 0 aromatic rings. The zero-order valence-corrected chi connectivity index (χ0v) is 5.67. The molecule has 0 unspecified atom stereocenters. The van der Waals surface area contributed by atoms with Crippen LogP contribution in [0.15, 0.2) is 0 Å². The summed E-state index contributed by atoms with van der Waals surface area (Å²) in [4.78, 5) is 10.0.